The minimum atomic E-state index is -0.878. The molecule has 2 aromatic heterocycles. The second kappa shape index (κ2) is 6.38. The standard InChI is InChI=1S/C13H14ClN3O3S/c1-6-7(2)17-13(20)11(16-6)12(19)15-5-8(18)9-3-4-10(14)21-9/h3-4,8,18H,5H2,1-2H3,(H,15,19)(H,17,20). The quantitative estimate of drug-likeness (QED) is 0.794. The van der Waals surface area contributed by atoms with E-state index in [2.05, 4.69) is 15.3 Å². The highest BCUT2D eigenvalue weighted by atomic mass is 35.5. The average Bonchev–Trinajstić information content (AvgIpc) is 2.86. The number of nitrogens with zero attached hydrogens (tertiary/aromatic N) is 1. The van der Waals surface area contributed by atoms with Crippen LogP contribution in [0.5, 0.6) is 0 Å². The van der Waals surface area contributed by atoms with E-state index in [0.717, 1.165) is 0 Å². The van der Waals surface area contributed by atoms with Crippen molar-refractivity contribution in [2.75, 3.05) is 6.54 Å². The molecule has 0 bridgehead atoms. The molecule has 0 aliphatic rings. The summed E-state index contributed by atoms with van der Waals surface area (Å²) < 4.78 is 0.558. The molecule has 1 amide bonds. The molecule has 21 heavy (non-hydrogen) atoms. The molecule has 112 valence electrons. The zero-order valence-electron chi connectivity index (χ0n) is 11.4. The van der Waals surface area contributed by atoms with Crippen LogP contribution < -0.4 is 10.9 Å². The molecular formula is C13H14ClN3O3S. The number of hydrogen-bond donors (Lipinski definition) is 3. The Morgan fingerprint density at radius 2 is 2.24 bits per heavy atom. The van der Waals surface area contributed by atoms with Crippen LogP contribution >= 0.6 is 22.9 Å². The number of rotatable bonds is 4. The van der Waals surface area contributed by atoms with E-state index in [1.165, 1.54) is 11.3 Å². The Morgan fingerprint density at radius 3 is 2.86 bits per heavy atom. The van der Waals surface area contributed by atoms with E-state index in [1.807, 2.05) is 0 Å². The van der Waals surface area contributed by atoms with E-state index in [4.69, 9.17) is 11.6 Å². The van der Waals surface area contributed by atoms with Crippen LogP contribution in [0.1, 0.15) is 32.9 Å². The maximum absolute atomic E-state index is 11.9. The van der Waals surface area contributed by atoms with Crippen molar-refractivity contribution < 1.29 is 9.90 Å². The summed E-state index contributed by atoms with van der Waals surface area (Å²) in [5, 5.41) is 12.4. The Bertz CT molecular complexity index is 726. The van der Waals surface area contributed by atoms with Gasteiger partial charge in [-0.2, -0.15) is 0 Å². The lowest BCUT2D eigenvalue weighted by atomic mass is 10.2. The van der Waals surface area contributed by atoms with Gasteiger partial charge in [-0.25, -0.2) is 4.98 Å². The summed E-state index contributed by atoms with van der Waals surface area (Å²) >= 11 is 7.01. The molecule has 0 aliphatic carbocycles. The van der Waals surface area contributed by atoms with Crippen molar-refractivity contribution in [3.63, 3.8) is 0 Å². The van der Waals surface area contributed by atoms with E-state index >= 15 is 0 Å². The molecule has 0 spiro atoms. The molecule has 0 saturated carbocycles. The Balaban J connectivity index is 2.05. The van der Waals surface area contributed by atoms with E-state index in [9.17, 15) is 14.7 Å². The van der Waals surface area contributed by atoms with Crippen molar-refractivity contribution in [3.05, 3.63) is 48.8 Å². The summed E-state index contributed by atoms with van der Waals surface area (Å²) in [6.45, 7) is 3.38. The first-order valence-electron chi connectivity index (χ1n) is 6.17. The number of aromatic nitrogens is 2. The molecule has 0 aromatic carbocycles. The van der Waals surface area contributed by atoms with Gasteiger partial charge in [0.05, 0.1) is 10.0 Å². The van der Waals surface area contributed by atoms with Gasteiger partial charge in [-0.1, -0.05) is 11.6 Å². The van der Waals surface area contributed by atoms with E-state index in [0.29, 0.717) is 20.6 Å². The molecule has 2 heterocycles. The summed E-state index contributed by atoms with van der Waals surface area (Å²) in [5.41, 5.74) is 0.425. The molecule has 8 heteroatoms. The summed E-state index contributed by atoms with van der Waals surface area (Å²) in [4.78, 5) is 30.8. The molecule has 1 atom stereocenters. The smallest absolute Gasteiger partial charge is 0.279 e. The van der Waals surface area contributed by atoms with Crippen molar-refractivity contribution in [3.8, 4) is 0 Å². The summed E-state index contributed by atoms with van der Waals surface area (Å²) in [7, 11) is 0. The zero-order valence-corrected chi connectivity index (χ0v) is 13.0. The Hall–Kier alpha value is -1.70. The SMILES string of the molecule is Cc1nc(C(=O)NCC(O)c2ccc(Cl)s2)c(=O)[nH]c1C. The van der Waals surface area contributed by atoms with Gasteiger partial charge in [0.1, 0.15) is 6.10 Å². The van der Waals surface area contributed by atoms with Crippen molar-refractivity contribution in [2.45, 2.75) is 20.0 Å². The van der Waals surface area contributed by atoms with E-state index in [-0.39, 0.29) is 12.2 Å². The van der Waals surface area contributed by atoms with Crippen LogP contribution in [0.3, 0.4) is 0 Å². The second-order valence-corrected chi connectivity index (χ2v) is 6.24. The van der Waals surface area contributed by atoms with Gasteiger partial charge in [-0.15, -0.1) is 11.3 Å². The molecule has 3 N–H and O–H groups in total. The van der Waals surface area contributed by atoms with Gasteiger partial charge in [0.2, 0.25) is 0 Å². The summed E-state index contributed by atoms with van der Waals surface area (Å²) in [6, 6.07) is 3.35. The maximum Gasteiger partial charge on any atom is 0.279 e. The first-order valence-corrected chi connectivity index (χ1v) is 7.37. The lowest BCUT2D eigenvalue weighted by Gasteiger charge is -2.10. The Morgan fingerprint density at radius 1 is 1.52 bits per heavy atom. The number of H-pyrrole nitrogens is 1. The maximum atomic E-state index is 11.9. The van der Waals surface area contributed by atoms with Crippen molar-refractivity contribution in [2.24, 2.45) is 0 Å². The van der Waals surface area contributed by atoms with Crippen LogP contribution in [-0.2, 0) is 0 Å². The summed E-state index contributed by atoms with van der Waals surface area (Å²) in [5.74, 6) is -0.624. The van der Waals surface area contributed by atoms with Crippen LogP contribution in [-0.4, -0.2) is 27.5 Å². The third-order valence-corrected chi connectivity index (χ3v) is 4.26. The third kappa shape index (κ3) is 3.69. The van der Waals surface area contributed by atoms with Crippen molar-refractivity contribution >= 4 is 28.8 Å². The van der Waals surface area contributed by atoms with Crippen LogP contribution in [0.2, 0.25) is 4.34 Å². The molecular weight excluding hydrogens is 314 g/mol. The number of hydrogen-bond acceptors (Lipinski definition) is 5. The number of aromatic amines is 1. The first-order chi connectivity index (χ1) is 9.88. The normalized spacial score (nSPS) is 12.2. The van der Waals surface area contributed by atoms with Crippen LogP contribution in [0.15, 0.2) is 16.9 Å². The first kappa shape index (κ1) is 15.7. The number of carbonyl (C=O) groups excluding carboxylic acids is 1. The fourth-order valence-corrected chi connectivity index (χ4v) is 2.70. The highest BCUT2D eigenvalue weighted by Gasteiger charge is 2.16. The predicted molar refractivity (Wildman–Crippen MR) is 81.0 cm³/mol. The summed E-state index contributed by atoms with van der Waals surface area (Å²) in [6.07, 6.45) is -0.878. The minimum absolute atomic E-state index is 0.0241. The highest BCUT2D eigenvalue weighted by Crippen LogP contribution is 2.26. The number of nitrogens with one attached hydrogen (secondary N) is 2. The third-order valence-electron chi connectivity index (χ3n) is 2.93. The van der Waals surface area contributed by atoms with Gasteiger partial charge in [-0.05, 0) is 26.0 Å². The molecule has 2 rings (SSSR count). The molecule has 0 saturated heterocycles. The van der Waals surface area contributed by atoms with Crippen LogP contribution in [0.4, 0.5) is 0 Å². The van der Waals surface area contributed by atoms with Gasteiger partial charge in [0.25, 0.3) is 11.5 Å². The number of halogens is 1. The second-order valence-electron chi connectivity index (χ2n) is 4.49. The topological polar surface area (TPSA) is 95.1 Å². The van der Waals surface area contributed by atoms with Gasteiger partial charge in [0.15, 0.2) is 5.69 Å². The zero-order chi connectivity index (χ0) is 15.6. The van der Waals surface area contributed by atoms with Gasteiger partial charge < -0.3 is 15.4 Å². The van der Waals surface area contributed by atoms with Crippen LogP contribution in [0.25, 0.3) is 0 Å². The largest absolute Gasteiger partial charge is 0.386 e. The molecule has 0 fully saturated rings. The molecule has 0 aliphatic heterocycles. The van der Waals surface area contributed by atoms with Gasteiger partial charge in [-0.3, -0.25) is 9.59 Å². The predicted octanol–water partition coefficient (Wildman–Crippen LogP) is 1.57. The van der Waals surface area contributed by atoms with E-state index in [1.54, 1.807) is 26.0 Å². The number of carbonyl (C=O) groups is 1. The monoisotopic (exact) mass is 327 g/mol. The number of aliphatic hydroxyl groups excluding tert-OH is 1. The fraction of sp³-hybridized carbons (Fsp3) is 0.308. The Labute approximate surface area is 129 Å². The van der Waals surface area contributed by atoms with Gasteiger partial charge >= 0.3 is 0 Å². The molecule has 6 nitrogen and oxygen atoms in total. The fourth-order valence-electron chi connectivity index (χ4n) is 1.66. The number of aliphatic hydroxyl groups is 1. The highest BCUT2D eigenvalue weighted by molar-refractivity contribution is 7.16. The van der Waals surface area contributed by atoms with Crippen LogP contribution in [0, 0.1) is 13.8 Å². The molecule has 2 aromatic rings. The number of thiophene rings is 1. The Kier molecular flexibility index (Phi) is 4.76. The minimum Gasteiger partial charge on any atom is -0.386 e. The average molecular weight is 328 g/mol. The number of amides is 1. The lowest BCUT2D eigenvalue weighted by molar-refractivity contribution is 0.0911. The number of aryl methyl sites for hydroxylation is 2. The van der Waals surface area contributed by atoms with Crippen molar-refractivity contribution in [1.29, 1.82) is 0 Å². The van der Waals surface area contributed by atoms with Gasteiger partial charge in [0, 0.05) is 17.1 Å². The van der Waals surface area contributed by atoms with Crippen molar-refractivity contribution in [1.82, 2.24) is 15.3 Å². The molecule has 1 unspecified atom stereocenters. The van der Waals surface area contributed by atoms with E-state index < -0.39 is 17.6 Å². The lowest BCUT2D eigenvalue weighted by Crippen LogP contribution is -2.34. The molecule has 0 radical (unpaired) electrons.